The number of aliphatic hydroxyl groups excluding tert-OH is 1. The smallest absolute Gasteiger partial charge is 0.267 e. The second kappa shape index (κ2) is 23.2. The molecule has 0 heterocycles. The molecule has 0 aromatic rings. The van der Waals surface area contributed by atoms with Gasteiger partial charge in [0.25, 0.3) is 10.1 Å². The third kappa shape index (κ3) is 24.3. The molecule has 0 aromatic carbocycles. The molecule has 0 fully saturated rings. The van der Waals surface area contributed by atoms with E-state index >= 15 is 0 Å². The molecule has 3 N–H and O–H groups in total. The predicted molar refractivity (Wildman–Crippen MR) is 147 cm³/mol. The summed E-state index contributed by atoms with van der Waals surface area (Å²) in [5, 5.41) is 12.9. The van der Waals surface area contributed by atoms with Crippen molar-refractivity contribution < 1.29 is 22.9 Å². The summed E-state index contributed by atoms with van der Waals surface area (Å²) in [6.07, 6.45) is 26.3. The van der Waals surface area contributed by atoms with Crippen molar-refractivity contribution in [3.63, 3.8) is 0 Å². The number of carbonyl (C=O) groups is 1. The van der Waals surface area contributed by atoms with Crippen molar-refractivity contribution in [3.05, 3.63) is 24.3 Å². The number of allylic oxidation sites excluding steroid dienone is 3. The highest BCUT2D eigenvalue weighted by atomic mass is 32.2. The number of amides is 1. The average molecular weight is 516 g/mol. The number of hydrogen-bond acceptors (Lipinski definition) is 4. The van der Waals surface area contributed by atoms with E-state index in [9.17, 15) is 22.9 Å². The second-order valence-electron chi connectivity index (χ2n) is 9.67. The summed E-state index contributed by atoms with van der Waals surface area (Å²) in [5.41, 5.74) is 0. The Kier molecular flexibility index (Phi) is 22.4. The van der Waals surface area contributed by atoms with Gasteiger partial charge in [0, 0.05) is 6.42 Å². The SMILES string of the molecule is CCCCC/C=C/C(O)C(CS(=O)(=O)O)NC(=O)CCCCCCC/C=C\CCCCCCCC. The number of aliphatic hydroxyl groups is 1. The molecule has 0 aliphatic heterocycles. The maximum Gasteiger partial charge on any atom is 0.267 e. The lowest BCUT2D eigenvalue weighted by Crippen LogP contribution is -2.46. The van der Waals surface area contributed by atoms with Gasteiger partial charge < -0.3 is 10.4 Å². The Balaban J connectivity index is 3.99. The number of carbonyl (C=O) groups excluding carboxylic acids is 1. The molecular formula is C28H53NO5S. The normalized spacial score (nSPS) is 14.1. The van der Waals surface area contributed by atoms with E-state index in [0.29, 0.717) is 0 Å². The zero-order valence-corrected chi connectivity index (χ0v) is 23.2. The molecule has 0 spiro atoms. The molecule has 0 bridgehead atoms. The van der Waals surface area contributed by atoms with Crippen LogP contribution in [0.3, 0.4) is 0 Å². The van der Waals surface area contributed by atoms with Crippen LogP contribution in [-0.4, -0.2) is 41.9 Å². The minimum atomic E-state index is -4.32. The van der Waals surface area contributed by atoms with E-state index in [1.807, 2.05) is 0 Å². The topological polar surface area (TPSA) is 104 Å². The Hall–Kier alpha value is -1.18. The summed E-state index contributed by atoms with van der Waals surface area (Å²) in [5.74, 6) is -0.999. The quantitative estimate of drug-likeness (QED) is 0.0737. The zero-order chi connectivity index (χ0) is 26.2. The fourth-order valence-electron chi connectivity index (χ4n) is 3.97. The van der Waals surface area contributed by atoms with Crippen molar-refractivity contribution in [1.82, 2.24) is 5.32 Å². The third-order valence-electron chi connectivity index (χ3n) is 6.12. The van der Waals surface area contributed by atoms with E-state index in [1.165, 1.54) is 51.0 Å². The maximum atomic E-state index is 12.3. The zero-order valence-electron chi connectivity index (χ0n) is 22.4. The molecule has 0 aliphatic carbocycles. The predicted octanol–water partition coefficient (Wildman–Crippen LogP) is 6.89. The minimum absolute atomic E-state index is 0.285. The summed E-state index contributed by atoms with van der Waals surface area (Å²) >= 11 is 0. The van der Waals surface area contributed by atoms with Crippen LogP contribution in [0.2, 0.25) is 0 Å². The van der Waals surface area contributed by atoms with Gasteiger partial charge in [0.15, 0.2) is 0 Å². The maximum absolute atomic E-state index is 12.3. The standard InChI is InChI=1S/C28H53NO5S/c1-3-5-7-9-10-11-12-13-14-15-16-17-18-20-22-24-28(31)29-26(25-35(32,33)34)27(30)23-21-19-8-6-4-2/h13-14,21,23,26-27,30H,3-12,15-20,22,24-25H2,1-2H3,(H,29,31)(H,32,33,34)/b14-13-,23-21+. The van der Waals surface area contributed by atoms with Crippen molar-refractivity contribution in [1.29, 1.82) is 0 Å². The van der Waals surface area contributed by atoms with Gasteiger partial charge in [-0.25, -0.2) is 0 Å². The molecule has 0 saturated carbocycles. The van der Waals surface area contributed by atoms with E-state index in [0.717, 1.165) is 64.2 Å². The van der Waals surface area contributed by atoms with Crippen molar-refractivity contribution in [2.75, 3.05) is 5.75 Å². The van der Waals surface area contributed by atoms with E-state index < -0.39 is 28.0 Å². The molecule has 6 nitrogen and oxygen atoms in total. The van der Waals surface area contributed by atoms with E-state index in [4.69, 9.17) is 0 Å². The molecule has 1 amide bonds. The molecule has 206 valence electrons. The van der Waals surface area contributed by atoms with Crippen LogP contribution in [0.5, 0.6) is 0 Å². The van der Waals surface area contributed by atoms with Crippen LogP contribution in [0.15, 0.2) is 24.3 Å². The first-order chi connectivity index (χ1) is 16.8. The molecular weight excluding hydrogens is 462 g/mol. The first kappa shape index (κ1) is 33.8. The van der Waals surface area contributed by atoms with Gasteiger partial charge >= 0.3 is 0 Å². The summed E-state index contributed by atoms with van der Waals surface area (Å²) in [7, 11) is -4.32. The van der Waals surface area contributed by atoms with Gasteiger partial charge in [0.1, 0.15) is 0 Å². The highest BCUT2D eigenvalue weighted by Crippen LogP contribution is 2.11. The highest BCUT2D eigenvalue weighted by Gasteiger charge is 2.24. The fourth-order valence-corrected chi connectivity index (χ4v) is 4.70. The van der Waals surface area contributed by atoms with Gasteiger partial charge in [0.2, 0.25) is 5.91 Å². The summed E-state index contributed by atoms with van der Waals surface area (Å²) in [4.78, 5) is 12.3. The van der Waals surface area contributed by atoms with E-state index in [2.05, 4.69) is 31.3 Å². The molecule has 0 saturated heterocycles. The number of nitrogens with one attached hydrogen (secondary N) is 1. The fraction of sp³-hybridized carbons (Fsp3) is 0.821. The first-order valence-corrected chi connectivity index (χ1v) is 15.6. The molecule has 7 heteroatoms. The summed E-state index contributed by atoms with van der Waals surface area (Å²) in [6, 6.07) is -1.05. The van der Waals surface area contributed by atoms with Crippen molar-refractivity contribution in [2.24, 2.45) is 0 Å². The molecule has 2 atom stereocenters. The van der Waals surface area contributed by atoms with Crippen LogP contribution in [0, 0.1) is 0 Å². The molecule has 0 aromatic heterocycles. The number of unbranched alkanes of at least 4 members (excludes halogenated alkanes) is 14. The Morgan fingerprint density at radius 2 is 1.20 bits per heavy atom. The van der Waals surface area contributed by atoms with Gasteiger partial charge in [0.05, 0.1) is 17.9 Å². The third-order valence-corrected chi connectivity index (χ3v) is 6.90. The van der Waals surface area contributed by atoms with Gasteiger partial charge in [-0.3, -0.25) is 9.35 Å². The first-order valence-electron chi connectivity index (χ1n) is 14.0. The Morgan fingerprint density at radius 3 is 1.77 bits per heavy atom. The second-order valence-corrected chi connectivity index (χ2v) is 11.2. The largest absolute Gasteiger partial charge is 0.387 e. The van der Waals surface area contributed by atoms with Gasteiger partial charge in [-0.05, 0) is 44.9 Å². The van der Waals surface area contributed by atoms with Crippen molar-refractivity contribution >= 4 is 16.0 Å². The van der Waals surface area contributed by atoms with Crippen LogP contribution >= 0.6 is 0 Å². The van der Waals surface area contributed by atoms with Crippen molar-refractivity contribution in [2.45, 2.75) is 142 Å². The molecule has 0 radical (unpaired) electrons. The monoisotopic (exact) mass is 515 g/mol. The van der Waals surface area contributed by atoms with Crippen LogP contribution in [0.25, 0.3) is 0 Å². The summed E-state index contributed by atoms with van der Waals surface area (Å²) in [6.45, 7) is 4.35. The Morgan fingerprint density at radius 1 is 0.743 bits per heavy atom. The van der Waals surface area contributed by atoms with E-state index in [1.54, 1.807) is 6.08 Å². The minimum Gasteiger partial charge on any atom is -0.387 e. The van der Waals surface area contributed by atoms with Crippen LogP contribution in [0.4, 0.5) is 0 Å². The summed E-state index contributed by atoms with van der Waals surface area (Å²) < 4.78 is 31.8. The molecule has 0 rings (SSSR count). The molecule has 2 unspecified atom stereocenters. The number of hydrogen-bond donors (Lipinski definition) is 3. The Labute approximate surface area is 215 Å². The lowest BCUT2D eigenvalue weighted by molar-refractivity contribution is -0.122. The van der Waals surface area contributed by atoms with Crippen LogP contribution in [-0.2, 0) is 14.9 Å². The van der Waals surface area contributed by atoms with E-state index in [-0.39, 0.29) is 12.3 Å². The van der Waals surface area contributed by atoms with Gasteiger partial charge in [-0.2, -0.15) is 8.42 Å². The van der Waals surface area contributed by atoms with Gasteiger partial charge in [-0.1, -0.05) is 102 Å². The lowest BCUT2D eigenvalue weighted by atomic mass is 10.1. The van der Waals surface area contributed by atoms with Crippen molar-refractivity contribution in [3.8, 4) is 0 Å². The molecule has 0 aliphatic rings. The van der Waals surface area contributed by atoms with Crippen LogP contribution < -0.4 is 5.32 Å². The Bertz CT molecular complexity index is 660. The molecule has 35 heavy (non-hydrogen) atoms. The average Bonchev–Trinajstić information content (AvgIpc) is 2.80. The number of rotatable bonds is 24. The van der Waals surface area contributed by atoms with Crippen LogP contribution in [0.1, 0.15) is 129 Å². The lowest BCUT2D eigenvalue weighted by Gasteiger charge is -2.21. The highest BCUT2D eigenvalue weighted by molar-refractivity contribution is 7.85. The van der Waals surface area contributed by atoms with Gasteiger partial charge in [-0.15, -0.1) is 0 Å².